The minimum atomic E-state index is 0.117. The Balaban J connectivity index is 1.33. The second-order valence-electron chi connectivity index (χ2n) is 10.8. The van der Waals surface area contributed by atoms with Crippen LogP contribution in [0.15, 0.2) is 55.0 Å². The lowest BCUT2D eigenvalue weighted by Gasteiger charge is -2.45. The van der Waals surface area contributed by atoms with Crippen molar-refractivity contribution in [2.24, 2.45) is 12.5 Å². The van der Waals surface area contributed by atoms with E-state index >= 15 is 0 Å². The number of hydrogen-bond donors (Lipinski definition) is 0. The Labute approximate surface area is 220 Å². The zero-order valence-electron chi connectivity index (χ0n) is 22.2. The Hall–Kier alpha value is -3.19. The van der Waals surface area contributed by atoms with Crippen molar-refractivity contribution in [3.05, 3.63) is 77.4 Å². The van der Waals surface area contributed by atoms with E-state index in [0.717, 1.165) is 75.4 Å². The summed E-state index contributed by atoms with van der Waals surface area (Å²) in [5.74, 6) is 1.14. The maximum Gasteiger partial charge on any atom is 0.257 e. The molecule has 0 atom stereocenters. The van der Waals surface area contributed by atoms with Gasteiger partial charge in [-0.25, -0.2) is 0 Å². The summed E-state index contributed by atoms with van der Waals surface area (Å²) in [5, 5.41) is 4.38. The molecule has 1 aromatic carbocycles. The number of likely N-dealkylation sites (tertiary alicyclic amines) is 1. The van der Waals surface area contributed by atoms with Crippen LogP contribution in [0.4, 0.5) is 0 Å². The molecule has 2 aromatic heterocycles. The lowest BCUT2D eigenvalue weighted by Crippen LogP contribution is -2.48. The number of ether oxygens (including phenoxy) is 1. The molecule has 1 saturated heterocycles. The second kappa shape index (κ2) is 11.5. The predicted octanol–water partition coefficient (Wildman–Crippen LogP) is 4.65. The number of carbonyl (C=O) groups is 1. The zero-order valence-corrected chi connectivity index (χ0v) is 22.2. The number of carbonyl (C=O) groups excluding carboxylic acids is 1. The Morgan fingerprint density at radius 2 is 1.89 bits per heavy atom. The van der Waals surface area contributed by atoms with Gasteiger partial charge in [0.1, 0.15) is 12.4 Å². The molecular formula is C30H39N5O2. The summed E-state index contributed by atoms with van der Waals surface area (Å²) in [6.45, 7) is 6.92. The normalized spacial score (nSPS) is 18.9. The third kappa shape index (κ3) is 6.21. The molecule has 1 spiro atoms. The van der Waals surface area contributed by atoms with Crippen LogP contribution in [0.2, 0.25) is 0 Å². The van der Waals surface area contributed by atoms with Gasteiger partial charge in [-0.2, -0.15) is 5.10 Å². The van der Waals surface area contributed by atoms with E-state index in [1.807, 2.05) is 43.5 Å². The number of hydrogen-bond acceptors (Lipinski definition) is 5. The third-order valence-electron chi connectivity index (χ3n) is 8.08. The Morgan fingerprint density at radius 1 is 1.05 bits per heavy atom. The van der Waals surface area contributed by atoms with Crippen molar-refractivity contribution in [2.45, 2.75) is 52.0 Å². The van der Waals surface area contributed by atoms with E-state index < -0.39 is 0 Å². The number of fused-ring (bicyclic) bond motifs is 1. The smallest absolute Gasteiger partial charge is 0.257 e. The molecule has 3 aromatic rings. The van der Waals surface area contributed by atoms with Crippen LogP contribution in [0.5, 0.6) is 5.75 Å². The molecule has 37 heavy (non-hydrogen) atoms. The predicted molar refractivity (Wildman–Crippen MR) is 145 cm³/mol. The second-order valence-corrected chi connectivity index (χ2v) is 10.8. The summed E-state index contributed by atoms with van der Waals surface area (Å²) in [5.41, 5.74) is 4.27. The highest BCUT2D eigenvalue weighted by Crippen LogP contribution is 2.39. The number of amides is 1. The van der Waals surface area contributed by atoms with Crippen LogP contribution in [-0.2, 0) is 20.0 Å². The van der Waals surface area contributed by atoms with Crippen LogP contribution in [-0.4, -0.2) is 63.3 Å². The van der Waals surface area contributed by atoms with Crippen molar-refractivity contribution >= 4 is 5.91 Å². The van der Waals surface area contributed by atoms with Gasteiger partial charge in [-0.1, -0.05) is 30.7 Å². The first kappa shape index (κ1) is 25.5. The van der Waals surface area contributed by atoms with E-state index in [9.17, 15) is 4.79 Å². The third-order valence-corrected chi connectivity index (χ3v) is 8.08. The first-order valence-corrected chi connectivity index (χ1v) is 13.6. The van der Waals surface area contributed by atoms with E-state index in [2.05, 4.69) is 45.3 Å². The van der Waals surface area contributed by atoms with Gasteiger partial charge in [0.15, 0.2) is 0 Å². The summed E-state index contributed by atoms with van der Waals surface area (Å²) in [4.78, 5) is 22.2. The number of benzene rings is 1. The van der Waals surface area contributed by atoms with Gasteiger partial charge in [0, 0.05) is 58.4 Å². The van der Waals surface area contributed by atoms with Gasteiger partial charge in [-0.05, 0) is 67.7 Å². The van der Waals surface area contributed by atoms with Gasteiger partial charge in [-0.3, -0.25) is 19.4 Å². The summed E-state index contributed by atoms with van der Waals surface area (Å²) >= 11 is 0. The van der Waals surface area contributed by atoms with Crippen LogP contribution in [0.1, 0.15) is 59.3 Å². The van der Waals surface area contributed by atoms with Crippen molar-refractivity contribution < 1.29 is 9.53 Å². The number of para-hydroxylation sites is 1. The first-order chi connectivity index (χ1) is 18.0. The Bertz CT molecular complexity index is 1180. The lowest BCUT2D eigenvalue weighted by atomic mass is 9.73. The van der Waals surface area contributed by atoms with Crippen molar-refractivity contribution in [1.29, 1.82) is 0 Å². The van der Waals surface area contributed by atoms with Gasteiger partial charge >= 0.3 is 0 Å². The lowest BCUT2D eigenvalue weighted by molar-refractivity contribution is 0.0360. The molecule has 0 unspecified atom stereocenters. The molecule has 0 radical (unpaired) electrons. The summed E-state index contributed by atoms with van der Waals surface area (Å²) in [6.07, 6.45) is 12.3. The molecule has 4 heterocycles. The number of nitrogens with zero attached hydrogens (tertiary/aromatic N) is 5. The minimum Gasteiger partial charge on any atom is -0.492 e. The van der Waals surface area contributed by atoms with Crippen LogP contribution >= 0.6 is 0 Å². The molecule has 0 saturated carbocycles. The average Bonchev–Trinajstić information content (AvgIpc) is 3.25. The quantitative estimate of drug-likeness (QED) is 0.523. The van der Waals surface area contributed by atoms with Gasteiger partial charge in [0.05, 0.1) is 11.3 Å². The molecule has 7 heteroatoms. The first-order valence-electron chi connectivity index (χ1n) is 13.6. The fourth-order valence-corrected chi connectivity index (χ4v) is 6.04. The molecule has 2 aliphatic rings. The van der Waals surface area contributed by atoms with E-state index in [1.165, 1.54) is 24.0 Å². The number of aromatic nitrogens is 3. The highest BCUT2D eigenvalue weighted by atomic mass is 16.5. The van der Waals surface area contributed by atoms with Gasteiger partial charge in [-0.15, -0.1) is 0 Å². The van der Waals surface area contributed by atoms with E-state index in [1.54, 1.807) is 4.68 Å². The SMILES string of the molecule is Cc1nn(C)cc1C(=O)N1CCC2(CCCCc3ccccc3OCCN(Cc3cccnc3)C2)CC1. The van der Waals surface area contributed by atoms with Crippen molar-refractivity contribution in [1.82, 2.24) is 24.6 Å². The Kier molecular flexibility index (Phi) is 7.89. The van der Waals surface area contributed by atoms with E-state index in [4.69, 9.17) is 4.74 Å². The topological polar surface area (TPSA) is 63.5 Å². The standard InChI is InChI=1S/C30H39N5O2/c1-24-27(22-33(2)32-24)29(36)35-16-13-30(14-17-35)12-6-5-10-26-9-3-4-11-28(26)37-19-18-34(23-30)21-25-8-7-15-31-20-25/h3-4,7-9,11,15,20,22H,5-6,10,12-14,16-19,21,23H2,1-2H3. The Morgan fingerprint density at radius 3 is 2.65 bits per heavy atom. The van der Waals surface area contributed by atoms with Gasteiger partial charge < -0.3 is 9.64 Å². The minimum absolute atomic E-state index is 0.117. The van der Waals surface area contributed by atoms with Crippen LogP contribution in [0.25, 0.3) is 0 Å². The molecule has 5 rings (SSSR count). The van der Waals surface area contributed by atoms with Crippen molar-refractivity contribution in [3.63, 3.8) is 0 Å². The van der Waals surface area contributed by atoms with E-state index in [0.29, 0.717) is 6.61 Å². The van der Waals surface area contributed by atoms with Gasteiger partial charge in [0.25, 0.3) is 5.91 Å². The monoisotopic (exact) mass is 501 g/mol. The fourth-order valence-electron chi connectivity index (χ4n) is 6.04. The zero-order chi connectivity index (χ0) is 25.7. The number of pyridine rings is 1. The highest BCUT2D eigenvalue weighted by Gasteiger charge is 2.37. The average molecular weight is 502 g/mol. The molecule has 0 N–H and O–H groups in total. The molecule has 7 nitrogen and oxygen atoms in total. The van der Waals surface area contributed by atoms with Gasteiger partial charge in [0.2, 0.25) is 0 Å². The van der Waals surface area contributed by atoms with Crippen molar-refractivity contribution in [2.75, 3.05) is 32.8 Å². The maximum atomic E-state index is 13.3. The maximum absolute atomic E-state index is 13.3. The van der Waals surface area contributed by atoms with Crippen molar-refractivity contribution in [3.8, 4) is 5.75 Å². The molecule has 196 valence electrons. The fraction of sp³-hybridized carbons (Fsp3) is 0.500. The van der Waals surface area contributed by atoms with Crippen LogP contribution < -0.4 is 4.74 Å². The number of aryl methyl sites for hydroxylation is 3. The number of rotatable bonds is 3. The molecular weight excluding hydrogens is 462 g/mol. The van der Waals surface area contributed by atoms with Crippen LogP contribution in [0.3, 0.4) is 0 Å². The summed E-state index contributed by atoms with van der Waals surface area (Å²) < 4.78 is 8.03. The molecule has 0 aliphatic carbocycles. The summed E-state index contributed by atoms with van der Waals surface area (Å²) in [6, 6.07) is 12.7. The van der Waals surface area contributed by atoms with E-state index in [-0.39, 0.29) is 11.3 Å². The largest absolute Gasteiger partial charge is 0.492 e. The molecule has 0 bridgehead atoms. The molecule has 1 amide bonds. The molecule has 1 fully saturated rings. The number of piperidine rings is 1. The highest BCUT2D eigenvalue weighted by molar-refractivity contribution is 5.95. The summed E-state index contributed by atoms with van der Waals surface area (Å²) in [7, 11) is 1.87. The van der Waals surface area contributed by atoms with Crippen LogP contribution in [0, 0.1) is 12.3 Å². The molecule has 2 aliphatic heterocycles.